The predicted octanol–water partition coefficient (Wildman–Crippen LogP) is 15.6. The lowest BCUT2D eigenvalue weighted by atomic mass is 10.1. The second-order valence-corrected chi connectivity index (χ2v) is 16.6. The van der Waals surface area contributed by atoms with Crippen molar-refractivity contribution in [1.82, 2.24) is 24.9 Å². The van der Waals surface area contributed by atoms with Crippen molar-refractivity contribution < 1.29 is 8.81 Å². The summed E-state index contributed by atoms with van der Waals surface area (Å²) < 4.78 is 18.2. The molecule has 0 radical (unpaired) electrons. The van der Waals surface area contributed by atoms with Gasteiger partial charge in [-0.05, 0) is 124 Å². The van der Waals surface area contributed by atoms with Gasteiger partial charge in [0.1, 0.15) is 5.82 Å². The van der Waals surface area contributed by atoms with Crippen LogP contribution in [0.5, 0.6) is 0 Å². The Kier molecular flexibility index (Phi) is 25.5. The summed E-state index contributed by atoms with van der Waals surface area (Å²) in [6, 6.07) is 22.8. The van der Waals surface area contributed by atoms with Crippen LogP contribution < -0.4 is 0 Å². The first-order valence-electron chi connectivity index (χ1n) is 19.3. The third kappa shape index (κ3) is 23.1. The van der Waals surface area contributed by atoms with Crippen molar-refractivity contribution in [2.45, 2.75) is 119 Å². The first kappa shape index (κ1) is 51.0. The van der Waals surface area contributed by atoms with Gasteiger partial charge >= 0.3 is 0 Å². The van der Waals surface area contributed by atoms with Crippen molar-refractivity contribution in [3.8, 4) is 0 Å². The van der Waals surface area contributed by atoms with Crippen LogP contribution in [0, 0.1) is 5.82 Å². The standard InChI is InChI=1S/C8H10BrN.2C8H10ClN.C8H10FN.C8H11N.C7H10O/c4*1-6(2)8-4-3-7(9)5-10-8;1-7(2)8-5-3-4-6-9-8;1-6(2)7-3-4-8-5-7/h4*3-6H,1-2H3;3-7H,1-2H3;3-6H,1-2H3. The SMILES string of the molecule is CC(C)c1ccc(Br)cn1.CC(C)c1ccc(Cl)cn1.CC(C)c1ccc(Cl)cn1.CC(C)c1ccc(F)cn1.CC(C)c1ccccn1.CC(C)c1ccoc1. The number of hydrogen-bond donors (Lipinski definition) is 0. The molecule has 0 aliphatic rings. The van der Waals surface area contributed by atoms with Gasteiger partial charge < -0.3 is 4.42 Å². The predicted molar refractivity (Wildman–Crippen MR) is 242 cm³/mol. The van der Waals surface area contributed by atoms with Crippen LogP contribution in [-0.4, -0.2) is 24.9 Å². The van der Waals surface area contributed by atoms with E-state index in [2.05, 4.69) is 110 Å². The van der Waals surface area contributed by atoms with Gasteiger partial charge in [0.2, 0.25) is 0 Å². The van der Waals surface area contributed by atoms with Crippen LogP contribution in [0.25, 0.3) is 0 Å². The van der Waals surface area contributed by atoms with Gasteiger partial charge in [0.05, 0.1) is 28.8 Å². The molecule has 0 amide bonds. The van der Waals surface area contributed by atoms with Crippen molar-refractivity contribution in [3.05, 3.63) is 171 Å². The fraction of sp³-hybridized carbons (Fsp3) is 0.383. The Morgan fingerprint density at radius 2 is 0.895 bits per heavy atom. The zero-order chi connectivity index (χ0) is 42.9. The van der Waals surface area contributed by atoms with E-state index in [1.165, 1.54) is 17.8 Å². The van der Waals surface area contributed by atoms with Gasteiger partial charge in [0, 0.05) is 57.7 Å². The molecule has 0 aromatic carbocycles. The van der Waals surface area contributed by atoms with Crippen LogP contribution in [0.1, 0.15) is 153 Å². The number of pyridine rings is 5. The molecular weight excluding hydrogens is 820 g/mol. The zero-order valence-corrected chi connectivity index (χ0v) is 38.7. The zero-order valence-electron chi connectivity index (χ0n) is 35.6. The summed E-state index contributed by atoms with van der Waals surface area (Å²) in [6.45, 7) is 25.3. The summed E-state index contributed by atoms with van der Waals surface area (Å²) in [7, 11) is 0. The van der Waals surface area contributed by atoms with Crippen LogP contribution in [0.2, 0.25) is 10.0 Å². The van der Waals surface area contributed by atoms with E-state index in [-0.39, 0.29) is 5.82 Å². The van der Waals surface area contributed by atoms with Gasteiger partial charge in [-0.2, -0.15) is 0 Å². The lowest BCUT2D eigenvalue weighted by molar-refractivity contribution is 0.562. The van der Waals surface area contributed by atoms with Gasteiger partial charge in [0.25, 0.3) is 0 Å². The van der Waals surface area contributed by atoms with E-state index in [1.807, 2.05) is 86.9 Å². The molecule has 0 N–H and O–H groups in total. The van der Waals surface area contributed by atoms with E-state index in [0.29, 0.717) is 45.6 Å². The second-order valence-electron chi connectivity index (χ2n) is 14.8. The maximum atomic E-state index is 12.3. The summed E-state index contributed by atoms with van der Waals surface area (Å²) in [5.74, 6) is 2.73. The molecule has 0 spiro atoms. The van der Waals surface area contributed by atoms with Gasteiger partial charge in [-0.25, -0.2) is 4.39 Å². The molecule has 0 fully saturated rings. The molecule has 0 bridgehead atoms. The average Bonchev–Trinajstić information content (AvgIpc) is 3.74. The van der Waals surface area contributed by atoms with Crippen molar-refractivity contribution in [2.24, 2.45) is 0 Å². The molecule has 0 atom stereocenters. The van der Waals surface area contributed by atoms with Crippen molar-refractivity contribution in [1.29, 1.82) is 0 Å². The molecule has 6 nitrogen and oxygen atoms in total. The van der Waals surface area contributed by atoms with Gasteiger partial charge in [-0.1, -0.05) is 112 Å². The highest BCUT2D eigenvalue weighted by atomic mass is 79.9. The Labute approximate surface area is 360 Å². The van der Waals surface area contributed by atoms with Gasteiger partial charge in [-0.15, -0.1) is 0 Å². The van der Waals surface area contributed by atoms with Crippen LogP contribution in [0.4, 0.5) is 4.39 Å². The number of hydrogen-bond acceptors (Lipinski definition) is 6. The maximum absolute atomic E-state index is 12.3. The highest BCUT2D eigenvalue weighted by Crippen LogP contribution is 2.16. The Balaban J connectivity index is 0.000000343. The van der Waals surface area contributed by atoms with E-state index in [4.69, 9.17) is 27.6 Å². The molecule has 0 saturated carbocycles. The molecule has 0 saturated heterocycles. The number of nitrogens with zero attached hydrogens (tertiary/aromatic N) is 5. The molecule has 57 heavy (non-hydrogen) atoms. The van der Waals surface area contributed by atoms with Crippen LogP contribution >= 0.6 is 39.1 Å². The number of rotatable bonds is 6. The minimum atomic E-state index is -0.274. The first-order chi connectivity index (χ1) is 26.9. The molecule has 0 aliphatic carbocycles. The Bertz CT molecular complexity index is 1650. The van der Waals surface area contributed by atoms with Crippen molar-refractivity contribution >= 4 is 39.1 Å². The molecule has 0 unspecified atom stereocenters. The molecule has 308 valence electrons. The second kappa shape index (κ2) is 28.4. The minimum absolute atomic E-state index is 0.274. The monoisotopic (exact) mass is 879 g/mol. The largest absolute Gasteiger partial charge is 0.472 e. The summed E-state index contributed by atoms with van der Waals surface area (Å²) in [4.78, 5) is 20.6. The van der Waals surface area contributed by atoms with Crippen molar-refractivity contribution in [2.75, 3.05) is 0 Å². The summed E-state index contributed by atoms with van der Waals surface area (Å²) in [5, 5.41) is 1.40. The summed E-state index contributed by atoms with van der Waals surface area (Å²) >= 11 is 14.6. The highest BCUT2D eigenvalue weighted by molar-refractivity contribution is 9.10. The molecule has 0 aliphatic heterocycles. The lowest BCUT2D eigenvalue weighted by Gasteiger charge is -2.01. The van der Waals surface area contributed by atoms with Crippen molar-refractivity contribution in [3.63, 3.8) is 0 Å². The molecule has 6 heterocycles. The quantitative estimate of drug-likeness (QED) is 0.166. The maximum Gasteiger partial charge on any atom is 0.141 e. The van der Waals surface area contributed by atoms with E-state index in [9.17, 15) is 4.39 Å². The Morgan fingerprint density at radius 3 is 1.16 bits per heavy atom. The van der Waals surface area contributed by atoms with Crippen LogP contribution in [0.15, 0.2) is 125 Å². The molecule has 6 aromatic rings. The van der Waals surface area contributed by atoms with E-state index in [0.717, 1.165) is 32.9 Å². The number of halogens is 4. The van der Waals surface area contributed by atoms with Crippen LogP contribution in [-0.2, 0) is 0 Å². The lowest BCUT2D eigenvalue weighted by Crippen LogP contribution is -1.91. The van der Waals surface area contributed by atoms with E-state index < -0.39 is 0 Å². The highest BCUT2D eigenvalue weighted by Gasteiger charge is 2.01. The summed E-state index contributed by atoms with van der Waals surface area (Å²) in [5.41, 5.74) is 6.68. The molecular formula is C47H61BrCl2FN5O. The molecule has 10 heteroatoms. The molecule has 6 rings (SSSR count). The Morgan fingerprint density at radius 1 is 0.474 bits per heavy atom. The molecule has 6 aromatic heterocycles. The average molecular weight is 882 g/mol. The van der Waals surface area contributed by atoms with E-state index >= 15 is 0 Å². The van der Waals surface area contributed by atoms with Gasteiger partial charge in [0.15, 0.2) is 0 Å². The summed E-state index contributed by atoms with van der Waals surface area (Å²) in [6.07, 6.45) is 11.7. The first-order valence-corrected chi connectivity index (χ1v) is 20.8. The fourth-order valence-electron chi connectivity index (χ4n) is 4.24. The number of aromatic nitrogens is 5. The fourth-order valence-corrected chi connectivity index (χ4v) is 4.69. The minimum Gasteiger partial charge on any atom is -0.472 e. The number of furan rings is 1. The third-order valence-electron chi connectivity index (χ3n) is 7.86. The topological polar surface area (TPSA) is 77.6 Å². The van der Waals surface area contributed by atoms with E-state index in [1.54, 1.807) is 31.0 Å². The van der Waals surface area contributed by atoms with Gasteiger partial charge in [-0.3, -0.25) is 24.9 Å². The smallest absolute Gasteiger partial charge is 0.141 e. The Hall–Kier alpha value is -3.98. The normalized spacial score (nSPS) is 10.4. The van der Waals surface area contributed by atoms with Crippen LogP contribution in [0.3, 0.4) is 0 Å². The third-order valence-corrected chi connectivity index (χ3v) is 8.77.